The van der Waals surface area contributed by atoms with Gasteiger partial charge in [-0.15, -0.1) is 0 Å². The van der Waals surface area contributed by atoms with Gasteiger partial charge in [-0.3, -0.25) is 4.63 Å². The summed E-state index contributed by atoms with van der Waals surface area (Å²) >= 11 is 0. The molecule has 1 aliphatic rings. The summed E-state index contributed by atoms with van der Waals surface area (Å²) in [7, 11) is 0. The molecule has 1 N–H and O–H groups in total. The zero-order chi connectivity index (χ0) is 9.97. The largest absolute Gasteiger partial charge is 0.359 e. The van der Waals surface area contributed by atoms with Crippen LogP contribution in [0.2, 0.25) is 0 Å². The maximum atomic E-state index is 11.0. The van der Waals surface area contributed by atoms with Gasteiger partial charge in [-0.2, -0.15) is 0 Å². The van der Waals surface area contributed by atoms with Crippen LogP contribution in [0, 0.1) is 10.6 Å². The third kappa shape index (κ3) is 1.49. The molecule has 0 saturated heterocycles. The van der Waals surface area contributed by atoms with E-state index in [9.17, 15) is 5.21 Å². The maximum Gasteiger partial charge on any atom is 0.239 e. The molecule has 0 radical (unpaired) electrons. The molecule has 14 heavy (non-hydrogen) atoms. The van der Waals surface area contributed by atoms with Crippen molar-refractivity contribution in [3.05, 3.63) is 16.6 Å². The molecule has 0 spiro atoms. The molecule has 1 aromatic heterocycles. The van der Waals surface area contributed by atoms with Gasteiger partial charge < -0.3 is 10.6 Å². The van der Waals surface area contributed by atoms with E-state index in [1.807, 2.05) is 0 Å². The van der Waals surface area contributed by atoms with Gasteiger partial charge in [0.25, 0.3) is 0 Å². The van der Waals surface area contributed by atoms with Crippen molar-refractivity contribution in [2.24, 2.45) is 0 Å². The van der Waals surface area contributed by atoms with Crippen molar-refractivity contribution in [3.63, 3.8) is 0 Å². The highest BCUT2D eigenvalue weighted by Gasteiger charge is 2.27. The molecule has 1 aromatic rings. The SMILES string of the molecule is N=Cc1c(C2CCCCC2)no[n+]1[O-]. The molecule has 5 nitrogen and oxygen atoms in total. The molecule has 0 atom stereocenters. The molecule has 2 rings (SSSR count). The maximum absolute atomic E-state index is 11.0. The molecular weight excluding hydrogens is 182 g/mol. The van der Waals surface area contributed by atoms with Gasteiger partial charge in [-0.05, 0) is 17.7 Å². The van der Waals surface area contributed by atoms with Crippen LogP contribution in [0.4, 0.5) is 0 Å². The molecule has 0 unspecified atom stereocenters. The van der Waals surface area contributed by atoms with E-state index in [4.69, 9.17) is 5.41 Å². The van der Waals surface area contributed by atoms with E-state index in [-0.39, 0.29) is 5.69 Å². The Hall–Kier alpha value is -1.39. The Morgan fingerprint density at radius 3 is 2.79 bits per heavy atom. The minimum Gasteiger partial charge on any atom is -0.359 e. The first kappa shape index (κ1) is 9.18. The van der Waals surface area contributed by atoms with Gasteiger partial charge in [0.15, 0.2) is 0 Å². The second-order valence-electron chi connectivity index (χ2n) is 3.68. The lowest BCUT2D eigenvalue weighted by Gasteiger charge is -2.16. The highest BCUT2D eigenvalue weighted by molar-refractivity contribution is 5.73. The second-order valence-corrected chi connectivity index (χ2v) is 3.68. The van der Waals surface area contributed by atoms with E-state index in [0.717, 1.165) is 19.1 Å². The van der Waals surface area contributed by atoms with Gasteiger partial charge >= 0.3 is 0 Å². The molecule has 5 heteroatoms. The van der Waals surface area contributed by atoms with Crippen molar-refractivity contribution >= 4 is 6.21 Å². The zero-order valence-corrected chi connectivity index (χ0v) is 7.90. The van der Waals surface area contributed by atoms with E-state index in [1.165, 1.54) is 19.3 Å². The van der Waals surface area contributed by atoms with Gasteiger partial charge in [0.05, 0.1) is 6.21 Å². The summed E-state index contributed by atoms with van der Waals surface area (Å²) in [6.45, 7) is 0. The quantitative estimate of drug-likeness (QED) is 0.571. The lowest BCUT2D eigenvalue weighted by atomic mass is 9.86. The number of hydrogen-bond donors (Lipinski definition) is 1. The first-order valence-electron chi connectivity index (χ1n) is 4.93. The fraction of sp³-hybridized carbons (Fsp3) is 0.667. The van der Waals surface area contributed by atoms with Crippen LogP contribution >= 0.6 is 0 Å². The third-order valence-corrected chi connectivity index (χ3v) is 2.80. The molecule has 1 fully saturated rings. The summed E-state index contributed by atoms with van der Waals surface area (Å²) in [5.74, 6) is 0.305. The molecule has 0 amide bonds. The van der Waals surface area contributed by atoms with Crippen molar-refractivity contribution in [2.45, 2.75) is 38.0 Å². The lowest BCUT2D eigenvalue weighted by molar-refractivity contribution is -0.803. The van der Waals surface area contributed by atoms with Crippen LogP contribution in [-0.2, 0) is 0 Å². The van der Waals surface area contributed by atoms with Crippen LogP contribution in [0.15, 0.2) is 4.63 Å². The zero-order valence-electron chi connectivity index (χ0n) is 7.90. The van der Waals surface area contributed by atoms with Crippen molar-refractivity contribution in [1.82, 2.24) is 5.16 Å². The first-order chi connectivity index (χ1) is 6.83. The number of hydrogen-bond acceptors (Lipinski definition) is 4. The van der Waals surface area contributed by atoms with Gasteiger partial charge in [-0.25, -0.2) is 0 Å². The summed E-state index contributed by atoms with van der Waals surface area (Å²) in [4.78, 5) is 0.316. The monoisotopic (exact) mass is 195 g/mol. The Balaban J connectivity index is 2.25. The Morgan fingerprint density at radius 2 is 2.14 bits per heavy atom. The Bertz CT molecular complexity index is 329. The number of aromatic nitrogens is 2. The summed E-state index contributed by atoms with van der Waals surface area (Å²) in [6.07, 6.45) is 6.72. The van der Waals surface area contributed by atoms with Gasteiger partial charge in [0, 0.05) is 11.1 Å². The van der Waals surface area contributed by atoms with E-state index < -0.39 is 0 Å². The van der Waals surface area contributed by atoms with Crippen LogP contribution in [-0.4, -0.2) is 11.4 Å². The Labute approximate surface area is 81.8 Å². The molecular formula is C9H13N3O2. The van der Waals surface area contributed by atoms with Gasteiger partial charge in [-0.1, -0.05) is 19.3 Å². The third-order valence-electron chi connectivity index (χ3n) is 2.80. The summed E-state index contributed by atoms with van der Waals surface area (Å²) in [6, 6.07) is 0. The van der Waals surface area contributed by atoms with Crippen molar-refractivity contribution in [2.75, 3.05) is 0 Å². The standard InChI is InChI=1S/C9H13N3O2/c10-6-8-9(11-14-12(8)13)7-4-2-1-3-5-7/h6-7,10H,1-5H2. The average Bonchev–Trinajstić information content (AvgIpc) is 2.61. The van der Waals surface area contributed by atoms with E-state index >= 15 is 0 Å². The first-order valence-corrected chi connectivity index (χ1v) is 4.93. The molecule has 1 saturated carbocycles. The minimum atomic E-state index is 0.261. The van der Waals surface area contributed by atoms with Crippen LogP contribution in [0.3, 0.4) is 0 Å². The molecule has 0 bridgehead atoms. The minimum absolute atomic E-state index is 0.261. The van der Waals surface area contributed by atoms with Crippen LogP contribution in [0.1, 0.15) is 49.4 Å². The predicted molar refractivity (Wildman–Crippen MR) is 49.2 cm³/mol. The number of nitrogens with zero attached hydrogens (tertiary/aromatic N) is 2. The molecule has 1 aliphatic carbocycles. The Morgan fingerprint density at radius 1 is 1.43 bits per heavy atom. The topological polar surface area (TPSA) is 76.8 Å². The van der Waals surface area contributed by atoms with E-state index in [1.54, 1.807) is 0 Å². The fourth-order valence-electron chi connectivity index (χ4n) is 2.05. The summed E-state index contributed by atoms with van der Waals surface area (Å²) in [5.41, 5.74) is 0.923. The molecule has 76 valence electrons. The molecule has 0 aliphatic heterocycles. The van der Waals surface area contributed by atoms with Crippen molar-refractivity contribution in [3.8, 4) is 0 Å². The normalized spacial score (nSPS) is 18.3. The van der Waals surface area contributed by atoms with Crippen molar-refractivity contribution < 1.29 is 9.53 Å². The van der Waals surface area contributed by atoms with Crippen molar-refractivity contribution in [1.29, 1.82) is 5.41 Å². The summed E-state index contributed by atoms with van der Waals surface area (Å²) < 4.78 is 4.50. The highest BCUT2D eigenvalue weighted by Crippen LogP contribution is 2.31. The average molecular weight is 195 g/mol. The number of nitrogens with one attached hydrogen (secondary N) is 1. The smallest absolute Gasteiger partial charge is 0.239 e. The Kier molecular flexibility index (Phi) is 2.47. The molecule has 0 aromatic carbocycles. The van der Waals surface area contributed by atoms with Crippen LogP contribution < -0.4 is 4.90 Å². The predicted octanol–water partition coefficient (Wildman–Crippen LogP) is 1.35. The van der Waals surface area contributed by atoms with Crippen LogP contribution in [0.25, 0.3) is 0 Å². The van der Waals surface area contributed by atoms with Gasteiger partial charge in [0.2, 0.25) is 11.4 Å². The fourth-order valence-corrected chi connectivity index (χ4v) is 2.05. The van der Waals surface area contributed by atoms with Crippen LogP contribution in [0.5, 0.6) is 0 Å². The second kappa shape index (κ2) is 3.77. The number of rotatable bonds is 2. The van der Waals surface area contributed by atoms with E-state index in [2.05, 4.69) is 9.79 Å². The van der Waals surface area contributed by atoms with Gasteiger partial charge in [0.1, 0.15) is 0 Å². The van der Waals surface area contributed by atoms with E-state index in [0.29, 0.717) is 16.5 Å². The summed E-state index contributed by atoms with van der Waals surface area (Å²) in [5, 5.41) is 21.9. The highest BCUT2D eigenvalue weighted by atomic mass is 16.8. The lowest BCUT2D eigenvalue weighted by Crippen LogP contribution is -2.28. The molecule has 1 heterocycles.